The van der Waals surface area contributed by atoms with E-state index < -0.39 is 10.4 Å². The number of hydrogen-bond acceptors (Lipinski definition) is 3. The second-order valence-corrected chi connectivity index (χ2v) is 5.25. The van der Waals surface area contributed by atoms with Crippen molar-refractivity contribution in [1.82, 2.24) is 0 Å². The van der Waals surface area contributed by atoms with Gasteiger partial charge in [0.25, 0.3) is 0 Å². The maximum absolute atomic E-state index is 8.74. The van der Waals surface area contributed by atoms with Gasteiger partial charge in [-0.3, -0.25) is 9.11 Å². The first-order valence-corrected chi connectivity index (χ1v) is 8.12. The minimum absolute atomic E-state index is 0. The molecule has 0 spiro atoms. The number of hydrogen-bond donors (Lipinski definition) is 3. The molecule has 0 bridgehead atoms. The first-order chi connectivity index (χ1) is 8.41. The molecule has 0 fully saturated rings. The first-order valence-electron chi connectivity index (χ1n) is 6.72. The second kappa shape index (κ2) is 19.5. The van der Waals surface area contributed by atoms with Crippen LogP contribution < -0.4 is 0 Å². The van der Waals surface area contributed by atoms with Crippen molar-refractivity contribution in [3.8, 4) is 0 Å². The molecule has 0 saturated heterocycles. The van der Waals surface area contributed by atoms with Crippen LogP contribution in [0.1, 0.15) is 71.1 Å². The Morgan fingerprint density at radius 3 is 1.26 bits per heavy atom. The Bertz CT molecular complexity index is 227. The molecule has 3 N–H and O–H groups in total. The van der Waals surface area contributed by atoms with Crippen molar-refractivity contribution in [2.24, 2.45) is 0 Å². The van der Waals surface area contributed by atoms with E-state index in [0.717, 1.165) is 6.42 Å². The molecule has 0 aliphatic rings. The molecule has 0 saturated carbocycles. The van der Waals surface area contributed by atoms with Crippen molar-refractivity contribution in [1.29, 1.82) is 0 Å². The summed E-state index contributed by atoms with van der Waals surface area (Å²) >= 11 is 0. The van der Waals surface area contributed by atoms with Crippen LogP contribution >= 0.6 is 0 Å². The van der Waals surface area contributed by atoms with E-state index in [1.54, 1.807) is 0 Å². The zero-order valence-electron chi connectivity index (χ0n) is 11.3. The van der Waals surface area contributed by atoms with Gasteiger partial charge in [-0.15, -0.1) is 0 Å². The molecule has 0 heterocycles. The van der Waals surface area contributed by atoms with Gasteiger partial charge in [0.1, 0.15) is 0 Å². The first kappa shape index (κ1) is 25.4. The Kier molecular flexibility index (Phi) is 26.0. The molecule has 0 radical (unpaired) electrons. The van der Waals surface area contributed by atoms with E-state index in [2.05, 4.69) is 6.92 Å². The van der Waals surface area contributed by atoms with Crippen molar-refractivity contribution in [3.63, 3.8) is 0 Å². The van der Waals surface area contributed by atoms with Crippen LogP contribution in [0.2, 0.25) is 0 Å². The molecule has 5 nitrogen and oxygen atoms in total. The summed E-state index contributed by atoms with van der Waals surface area (Å²) in [5, 5.41) is 8.57. The molecule has 0 amide bonds. The topological polar surface area (TPSA) is 94.8 Å². The molecule has 0 atom stereocenters. The molecular formula is C12H29KO5S. The van der Waals surface area contributed by atoms with Gasteiger partial charge in [0.2, 0.25) is 0 Å². The van der Waals surface area contributed by atoms with Gasteiger partial charge >= 0.3 is 61.8 Å². The van der Waals surface area contributed by atoms with Crippen molar-refractivity contribution < 1.29 is 22.6 Å². The Labute approximate surface area is 160 Å². The zero-order chi connectivity index (χ0) is 14.3. The average molecular weight is 325 g/mol. The summed E-state index contributed by atoms with van der Waals surface area (Å²) in [6.07, 6.45) is 13.3. The van der Waals surface area contributed by atoms with E-state index in [-0.39, 0.29) is 51.4 Å². The fraction of sp³-hybridized carbons (Fsp3) is 1.00. The number of aliphatic hydroxyl groups is 1. The van der Waals surface area contributed by atoms with Crippen LogP contribution in [0, 0.1) is 0 Å². The van der Waals surface area contributed by atoms with Crippen LogP contribution in [0.25, 0.3) is 0 Å². The molecule has 0 aromatic rings. The van der Waals surface area contributed by atoms with E-state index in [9.17, 15) is 0 Å². The number of unbranched alkanes of at least 4 members (excludes halogenated alkanes) is 9. The van der Waals surface area contributed by atoms with Gasteiger partial charge < -0.3 is 5.11 Å². The molecule has 0 aliphatic carbocycles. The van der Waals surface area contributed by atoms with E-state index >= 15 is 0 Å². The third kappa shape index (κ3) is 45.2. The van der Waals surface area contributed by atoms with Gasteiger partial charge in [0.05, 0.1) is 0 Å². The van der Waals surface area contributed by atoms with Crippen LogP contribution in [0.3, 0.4) is 0 Å². The normalized spacial score (nSPS) is 10.3. The van der Waals surface area contributed by atoms with Crippen molar-refractivity contribution in [2.75, 3.05) is 6.61 Å². The zero-order valence-corrected chi connectivity index (χ0v) is 12.2. The summed E-state index contributed by atoms with van der Waals surface area (Å²) in [6.45, 7) is 2.63. The van der Waals surface area contributed by atoms with Crippen molar-refractivity contribution in [2.45, 2.75) is 71.1 Å². The van der Waals surface area contributed by atoms with Crippen LogP contribution in [0.15, 0.2) is 0 Å². The third-order valence-electron chi connectivity index (χ3n) is 2.51. The predicted octanol–water partition coefficient (Wildman–Crippen LogP) is 2.60. The SMILES string of the molecule is CCCCCCCCCCCCO.O=S(=O)(O)O.[KH]. The van der Waals surface area contributed by atoms with Crippen LogP contribution in [-0.4, -0.2) is 80.6 Å². The summed E-state index contributed by atoms with van der Waals surface area (Å²) in [5.74, 6) is 0. The van der Waals surface area contributed by atoms with E-state index in [1.807, 2.05) is 0 Å². The van der Waals surface area contributed by atoms with E-state index in [1.165, 1.54) is 57.8 Å². The quantitative estimate of drug-likeness (QED) is 0.326. The van der Waals surface area contributed by atoms with Gasteiger partial charge in [-0.2, -0.15) is 8.42 Å². The van der Waals surface area contributed by atoms with Crippen molar-refractivity contribution >= 4 is 61.8 Å². The molecule has 0 rings (SSSR count). The summed E-state index contributed by atoms with van der Waals surface area (Å²) in [4.78, 5) is 0. The Morgan fingerprint density at radius 1 is 0.737 bits per heavy atom. The maximum atomic E-state index is 8.74. The van der Waals surface area contributed by atoms with Gasteiger partial charge in [-0.25, -0.2) is 0 Å². The van der Waals surface area contributed by atoms with Crippen LogP contribution in [0.4, 0.5) is 0 Å². The molecule has 0 aromatic carbocycles. The Balaban J connectivity index is -0.000000366. The fourth-order valence-electron chi connectivity index (χ4n) is 1.60. The Morgan fingerprint density at radius 2 is 1.00 bits per heavy atom. The van der Waals surface area contributed by atoms with Crippen LogP contribution in [-0.2, 0) is 10.4 Å². The molecule has 114 valence electrons. The molecule has 19 heavy (non-hydrogen) atoms. The predicted molar refractivity (Wildman–Crippen MR) is 80.3 cm³/mol. The van der Waals surface area contributed by atoms with Gasteiger partial charge in [-0.1, -0.05) is 64.7 Å². The van der Waals surface area contributed by atoms with E-state index in [4.69, 9.17) is 22.6 Å². The summed E-state index contributed by atoms with van der Waals surface area (Å²) < 4.78 is 31.6. The molecular weight excluding hydrogens is 295 g/mol. The monoisotopic (exact) mass is 324 g/mol. The van der Waals surface area contributed by atoms with Crippen LogP contribution in [0.5, 0.6) is 0 Å². The van der Waals surface area contributed by atoms with Gasteiger partial charge in [-0.05, 0) is 6.42 Å². The third-order valence-corrected chi connectivity index (χ3v) is 2.51. The van der Waals surface area contributed by atoms with Gasteiger partial charge in [0.15, 0.2) is 0 Å². The number of aliphatic hydroxyl groups excluding tert-OH is 1. The van der Waals surface area contributed by atoms with Gasteiger partial charge in [0, 0.05) is 6.61 Å². The second-order valence-electron chi connectivity index (χ2n) is 4.35. The average Bonchev–Trinajstić information content (AvgIpc) is 2.25. The van der Waals surface area contributed by atoms with Crippen molar-refractivity contribution in [3.05, 3.63) is 0 Å². The minimum atomic E-state index is -4.67. The summed E-state index contributed by atoms with van der Waals surface area (Å²) in [6, 6.07) is 0. The molecule has 0 unspecified atom stereocenters. The fourth-order valence-corrected chi connectivity index (χ4v) is 1.60. The van der Waals surface area contributed by atoms with E-state index in [0.29, 0.717) is 6.61 Å². The standard InChI is InChI=1S/C12H26O.K.H2O4S.H/c1-2-3-4-5-6-7-8-9-10-11-12-13;;1-5(2,3)4;/h13H,2-12H2,1H3;;(H2,1,2,3,4);. The molecule has 0 aromatic heterocycles. The number of rotatable bonds is 10. The summed E-state index contributed by atoms with van der Waals surface area (Å²) in [5.41, 5.74) is 0. The summed E-state index contributed by atoms with van der Waals surface area (Å²) in [7, 11) is -4.67. The molecule has 7 heteroatoms. The molecule has 0 aliphatic heterocycles. The Hall–Kier alpha value is 1.47.